The molecule has 104 valence electrons. The van der Waals surface area contributed by atoms with Gasteiger partial charge in [0.25, 0.3) is 0 Å². The van der Waals surface area contributed by atoms with E-state index in [0.29, 0.717) is 0 Å². The third-order valence-electron chi connectivity index (χ3n) is 3.74. The molecule has 0 fully saturated rings. The maximum atomic E-state index is 4.52. The predicted octanol–water partition coefficient (Wildman–Crippen LogP) is 4.71. The van der Waals surface area contributed by atoms with Gasteiger partial charge in [-0.15, -0.1) is 0 Å². The number of nitrogens with zero attached hydrogens (tertiary/aromatic N) is 1. The summed E-state index contributed by atoms with van der Waals surface area (Å²) in [5, 5.41) is 5.94. The zero-order chi connectivity index (χ0) is 13.8. The molecule has 0 spiro atoms. The fourth-order valence-corrected chi connectivity index (χ4v) is 2.69. The molecule has 1 aromatic carbocycles. The molecule has 0 saturated heterocycles. The first-order valence-electron chi connectivity index (χ1n) is 7.49. The molecule has 0 saturated carbocycles. The number of fused-ring (bicyclic) bond motifs is 3. The minimum atomic E-state index is 0.992. The van der Waals surface area contributed by atoms with Crippen molar-refractivity contribution in [1.82, 2.24) is 9.97 Å². The van der Waals surface area contributed by atoms with Crippen molar-refractivity contribution in [3.8, 4) is 0 Å². The highest BCUT2D eigenvalue weighted by Gasteiger charge is 2.08. The van der Waals surface area contributed by atoms with Gasteiger partial charge >= 0.3 is 0 Å². The number of aromatic nitrogens is 2. The van der Waals surface area contributed by atoms with Crippen molar-refractivity contribution in [2.75, 3.05) is 11.9 Å². The lowest BCUT2D eigenvalue weighted by atomic mass is 10.1. The van der Waals surface area contributed by atoms with Crippen LogP contribution in [-0.4, -0.2) is 16.5 Å². The van der Waals surface area contributed by atoms with E-state index in [4.69, 9.17) is 0 Å². The number of aromatic amines is 1. The van der Waals surface area contributed by atoms with E-state index < -0.39 is 0 Å². The molecule has 2 aromatic heterocycles. The molecule has 3 nitrogen and oxygen atoms in total. The van der Waals surface area contributed by atoms with E-state index in [2.05, 4.69) is 46.5 Å². The van der Waals surface area contributed by atoms with Crippen LogP contribution in [0.2, 0.25) is 0 Å². The summed E-state index contributed by atoms with van der Waals surface area (Å²) in [5.41, 5.74) is 2.32. The lowest BCUT2D eigenvalue weighted by Gasteiger charge is -2.06. The summed E-state index contributed by atoms with van der Waals surface area (Å²) in [6, 6.07) is 10.4. The highest BCUT2D eigenvalue weighted by Crippen LogP contribution is 2.29. The van der Waals surface area contributed by atoms with E-state index in [1.165, 1.54) is 42.0 Å². The minimum absolute atomic E-state index is 0.992. The summed E-state index contributed by atoms with van der Waals surface area (Å²) < 4.78 is 0. The molecule has 3 aromatic rings. The first kappa shape index (κ1) is 13.0. The Labute approximate surface area is 119 Å². The normalized spacial score (nSPS) is 11.2. The van der Waals surface area contributed by atoms with Gasteiger partial charge in [0.1, 0.15) is 5.82 Å². The number of anilines is 1. The lowest BCUT2D eigenvalue weighted by Crippen LogP contribution is -2.03. The van der Waals surface area contributed by atoms with Crippen LogP contribution in [0.5, 0.6) is 0 Å². The first-order valence-corrected chi connectivity index (χ1v) is 7.49. The molecule has 0 aliphatic heterocycles. The average Bonchev–Trinajstić information content (AvgIpc) is 2.86. The van der Waals surface area contributed by atoms with Crippen LogP contribution in [0.25, 0.3) is 21.8 Å². The average molecular weight is 267 g/mol. The van der Waals surface area contributed by atoms with Crippen molar-refractivity contribution >= 4 is 27.6 Å². The largest absolute Gasteiger partial charge is 0.369 e. The molecule has 3 rings (SSSR count). The van der Waals surface area contributed by atoms with Crippen molar-refractivity contribution < 1.29 is 0 Å². The standard InChI is InChI=1S/C17H21N3/c1-2-3-4-7-11-18-17-16-13-8-5-6-9-14(13)20-15(16)10-12-19-17/h5-6,8-10,12,20H,2-4,7,11H2,1H3,(H,18,19). The van der Waals surface area contributed by atoms with Crippen LogP contribution in [0.4, 0.5) is 5.82 Å². The van der Waals surface area contributed by atoms with Gasteiger partial charge in [0, 0.05) is 29.0 Å². The number of nitrogens with one attached hydrogen (secondary N) is 2. The van der Waals surface area contributed by atoms with Crippen LogP contribution in [0.1, 0.15) is 32.6 Å². The number of rotatable bonds is 6. The Hall–Kier alpha value is -2.03. The Morgan fingerprint density at radius 1 is 1.05 bits per heavy atom. The van der Waals surface area contributed by atoms with Crippen LogP contribution in [0.3, 0.4) is 0 Å². The van der Waals surface area contributed by atoms with E-state index in [-0.39, 0.29) is 0 Å². The van der Waals surface area contributed by atoms with Crippen molar-refractivity contribution in [3.63, 3.8) is 0 Å². The quantitative estimate of drug-likeness (QED) is 0.635. The molecule has 0 unspecified atom stereocenters. The zero-order valence-corrected chi connectivity index (χ0v) is 11.9. The van der Waals surface area contributed by atoms with Gasteiger partial charge < -0.3 is 10.3 Å². The maximum absolute atomic E-state index is 4.52. The van der Waals surface area contributed by atoms with Crippen LogP contribution in [0.15, 0.2) is 36.5 Å². The molecule has 0 amide bonds. The molecular formula is C17H21N3. The number of benzene rings is 1. The number of para-hydroxylation sites is 1. The Kier molecular flexibility index (Phi) is 3.86. The molecule has 0 bridgehead atoms. The van der Waals surface area contributed by atoms with E-state index in [9.17, 15) is 0 Å². The first-order chi connectivity index (χ1) is 9.90. The van der Waals surface area contributed by atoms with Crippen molar-refractivity contribution in [2.24, 2.45) is 0 Å². The number of unbranched alkanes of at least 4 members (excludes halogenated alkanes) is 3. The highest BCUT2D eigenvalue weighted by molar-refractivity contribution is 6.12. The minimum Gasteiger partial charge on any atom is -0.369 e. The smallest absolute Gasteiger partial charge is 0.136 e. The fourth-order valence-electron chi connectivity index (χ4n) is 2.69. The van der Waals surface area contributed by atoms with Gasteiger partial charge in [0.15, 0.2) is 0 Å². The number of hydrogen-bond donors (Lipinski definition) is 2. The summed E-state index contributed by atoms with van der Waals surface area (Å²) in [7, 11) is 0. The predicted molar refractivity (Wildman–Crippen MR) is 86.2 cm³/mol. The van der Waals surface area contributed by atoms with Gasteiger partial charge in [-0.1, -0.05) is 44.4 Å². The second-order valence-electron chi connectivity index (χ2n) is 5.24. The summed E-state index contributed by atoms with van der Waals surface area (Å²) in [4.78, 5) is 7.97. The van der Waals surface area contributed by atoms with Crippen LogP contribution >= 0.6 is 0 Å². The molecule has 0 radical (unpaired) electrons. The molecule has 3 heteroatoms. The molecule has 0 atom stereocenters. The van der Waals surface area contributed by atoms with E-state index in [0.717, 1.165) is 17.9 Å². The van der Waals surface area contributed by atoms with Gasteiger partial charge in [-0.3, -0.25) is 0 Å². The Morgan fingerprint density at radius 2 is 1.95 bits per heavy atom. The molecule has 0 aliphatic carbocycles. The Morgan fingerprint density at radius 3 is 2.85 bits per heavy atom. The summed E-state index contributed by atoms with van der Waals surface area (Å²) in [6.07, 6.45) is 6.94. The van der Waals surface area contributed by atoms with E-state index >= 15 is 0 Å². The maximum Gasteiger partial charge on any atom is 0.136 e. The molecule has 2 heterocycles. The fraction of sp³-hybridized carbons (Fsp3) is 0.353. The van der Waals surface area contributed by atoms with Gasteiger partial charge in [0.2, 0.25) is 0 Å². The Bertz CT molecular complexity index is 700. The monoisotopic (exact) mass is 267 g/mol. The molecule has 20 heavy (non-hydrogen) atoms. The molecular weight excluding hydrogens is 246 g/mol. The van der Waals surface area contributed by atoms with Crippen molar-refractivity contribution in [1.29, 1.82) is 0 Å². The number of hydrogen-bond acceptors (Lipinski definition) is 2. The number of H-pyrrole nitrogens is 1. The van der Waals surface area contributed by atoms with Gasteiger partial charge in [0.05, 0.1) is 5.52 Å². The number of pyridine rings is 1. The zero-order valence-electron chi connectivity index (χ0n) is 11.9. The van der Waals surface area contributed by atoms with E-state index in [1.54, 1.807) is 0 Å². The summed E-state index contributed by atoms with van der Waals surface area (Å²) in [5.74, 6) is 0.997. The highest BCUT2D eigenvalue weighted by atomic mass is 15.0. The third kappa shape index (κ3) is 2.48. The van der Waals surface area contributed by atoms with Crippen molar-refractivity contribution in [3.05, 3.63) is 36.5 Å². The van der Waals surface area contributed by atoms with Gasteiger partial charge in [-0.25, -0.2) is 4.98 Å². The second kappa shape index (κ2) is 5.95. The summed E-state index contributed by atoms with van der Waals surface area (Å²) in [6.45, 7) is 3.23. The topological polar surface area (TPSA) is 40.7 Å². The van der Waals surface area contributed by atoms with Crippen molar-refractivity contribution in [2.45, 2.75) is 32.6 Å². The van der Waals surface area contributed by atoms with Crippen LogP contribution in [0, 0.1) is 0 Å². The van der Waals surface area contributed by atoms with E-state index in [1.807, 2.05) is 12.3 Å². The lowest BCUT2D eigenvalue weighted by molar-refractivity contribution is 0.684. The SMILES string of the molecule is CCCCCCNc1nccc2[nH]c3ccccc3c12. The van der Waals surface area contributed by atoms with Crippen LogP contribution in [-0.2, 0) is 0 Å². The van der Waals surface area contributed by atoms with Gasteiger partial charge in [-0.05, 0) is 18.6 Å². The second-order valence-corrected chi connectivity index (χ2v) is 5.24. The Balaban J connectivity index is 1.86. The summed E-state index contributed by atoms with van der Waals surface area (Å²) >= 11 is 0. The van der Waals surface area contributed by atoms with Gasteiger partial charge in [-0.2, -0.15) is 0 Å². The third-order valence-corrected chi connectivity index (χ3v) is 3.74. The molecule has 2 N–H and O–H groups in total. The van der Waals surface area contributed by atoms with Crippen LogP contribution < -0.4 is 5.32 Å². The molecule has 0 aliphatic rings.